The molecule has 0 bridgehead atoms. The topological polar surface area (TPSA) is 46.3 Å². The zero-order valence-corrected chi connectivity index (χ0v) is 8.84. The standard InChI is InChI=1S/C10H20N2O/c1-4-8(11)9(13)12-7-5-6-10(12,2)3/h8H,4-7,11H2,1-3H3. The zero-order valence-electron chi connectivity index (χ0n) is 8.84. The van der Waals surface area contributed by atoms with Crippen molar-refractivity contribution in [3.8, 4) is 0 Å². The van der Waals surface area contributed by atoms with Crippen LogP contribution < -0.4 is 5.73 Å². The molecule has 1 fully saturated rings. The van der Waals surface area contributed by atoms with E-state index in [1.165, 1.54) is 0 Å². The van der Waals surface area contributed by atoms with Crippen molar-refractivity contribution in [1.29, 1.82) is 0 Å². The average Bonchev–Trinajstić information content (AvgIpc) is 2.42. The molecular weight excluding hydrogens is 164 g/mol. The lowest BCUT2D eigenvalue weighted by Crippen LogP contribution is -2.49. The molecular formula is C10H20N2O. The second kappa shape index (κ2) is 3.66. The van der Waals surface area contributed by atoms with Gasteiger partial charge in [-0.05, 0) is 33.1 Å². The van der Waals surface area contributed by atoms with Crippen LogP contribution in [0.1, 0.15) is 40.0 Å². The number of likely N-dealkylation sites (tertiary alicyclic amines) is 1. The molecule has 0 aromatic heterocycles. The third kappa shape index (κ3) is 2.02. The van der Waals surface area contributed by atoms with Crippen molar-refractivity contribution in [3.63, 3.8) is 0 Å². The van der Waals surface area contributed by atoms with Gasteiger partial charge in [0.15, 0.2) is 0 Å². The van der Waals surface area contributed by atoms with E-state index >= 15 is 0 Å². The van der Waals surface area contributed by atoms with Crippen molar-refractivity contribution in [2.45, 2.75) is 51.6 Å². The van der Waals surface area contributed by atoms with Crippen LogP contribution in [0.3, 0.4) is 0 Å². The number of nitrogens with two attached hydrogens (primary N) is 1. The number of hydrogen-bond acceptors (Lipinski definition) is 2. The van der Waals surface area contributed by atoms with Gasteiger partial charge in [-0.25, -0.2) is 0 Å². The maximum Gasteiger partial charge on any atom is 0.239 e. The minimum Gasteiger partial charge on any atom is -0.336 e. The lowest BCUT2D eigenvalue weighted by Gasteiger charge is -2.33. The van der Waals surface area contributed by atoms with E-state index in [4.69, 9.17) is 5.73 Å². The lowest BCUT2D eigenvalue weighted by atomic mass is 10.0. The first-order valence-corrected chi connectivity index (χ1v) is 5.06. The van der Waals surface area contributed by atoms with Crippen LogP contribution >= 0.6 is 0 Å². The number of amides is 1. The molecule has 1 heterocycles. The van der Waals surface area contributed by atoms with Crippen LogP contribution in [0.2, 0.25) is 0 Å². The Morgan fingerprint density at radius 2 is 2.23 bits per heavy atom. The van der Waals surface area contributed by atoms with Crippen LogP contribution in [-0.4, -0.2) is 28.9 Å². The van der Waals surface area contributed by atoms with Crippen molar-refractivity contribution in [2.75, 3.05) is 6.54 Å². The SMILES string of the molecule is CCC(N)C(=O)N1CCCC1(C)C. The van der Waals surface area contributed by atoms with E-state index in [2.05, 4.69) is 13.8 Å². The fourth-order valence-electron chi connectivity index (χ4n) is 1.89. The maximum absolute atomic E-state index is 11.8. The van der Waals surface area contributed by atoms with Crippen molar-refractivity contribution in [1.82, 2.24) is 4.90 Å². The third-order valence-electron chi connectivity index (χ3n) is 2.92. The molecule has 76 valence electrons. The second-order valence-corrected chi connectivity index (χ2v) is 4.42. The molecule has 0 saturated carbocycles. The van der Waals surface area contributed by atoms with E-state index < -0.39 is 0 Å². The molecule has 1 amide bonds. The van der Waals surface area contributed by atoms with Crippen LogP contribution in [0.25, 0.3) is 0 Å². The van der Waals surface area contributed by atoms with Crippen molar-refractivity contribution in [3.05, 3.63) is 0 Å². The molecule has 1 saturated heterocycles. The molecule has 0 aliphatic carbocycles. The summed E-state index contributed by atoms with van der Waals surface area (Å²) in [6.45, 7) is 7.05. The van der Waals surface area contributed by atoms with Crippen LogP contribution in [-0.2, 0) is 4.79 Å². The van der Waals surface area contributed by atoms with Gasteiger partial charge in [-0.1, -0.05) is 6.92 Å². The van der Waals surface area contributed by atoms with Gasteiger partial charge in [0.2, 0.25) is 5.91 Å². The summed E-state index contributed by atoms with van der Waals surface area (Å²) in [6.07, 6.45) is 2.93. The molecule has 1 rings (SSSR count). The summed E-state index contributed by atoms with van der Waals surface area (Å²) < 4.78 is 0. The Kier molecular flexibility index (Phi) is 2.96. The lowest BCUT2D eigenvalue weighted by molar-refractivity contribution is -0.135. The Morgan fingerprint density at radius 3 is 2.62 bits per heavy atom. The molecule has 3 heteroatoms. The first-order chi connectivity index (χ1) is 5.99. The van der Waals surface area contributed by atoms with Gasteiger partial charge < -0.3 is 10.6 Å². The molecule has 1 aliphatic rings. The van der Waals surface area contributed by atoms with Gasteiger partial charge in [0.25, 0.3) is 0 Å². The summed E-state index contributed by atoms with van der Waals surface area (Å²) in [5, 5.41) is 0. The maximum atomic E-state index is 11.8. The third-order valence-corrected chi connectivity index (χ3v) is 2.92. The molecule has 0 radical (unpaired) electrons. The van der Waals surface area contributed by atoms with Crippen LogP contribution in [0.15, 0.2) is 0 Å². The van der Waals surface area contributed by atoms with Gasteiger partial charge >= 0.3 is 0 Å². The Morgan fingerprint density at radius 1 is 1.62 bits per heavy atom. The fraction of sp³-hybridized carbons (Fsp3) is 0.900. The molecule has 0 aromatic carbocycles. The largest absolute Gasteiger partial charge is 0.336 e. The Labute approximate surface area is 80.3 Å². The Bertz CT molecular complexity index is 201. The summed E-state index contributed by atoms with van der Waals surface area (Å²) in [6, 6.07) is -0.308. The highest BCUT2D eigenvalue weighted by atomic mass is 16.2. The van der Waals surface area contributed by atoms with Crippen LogP contribution in [0, 0.1) is 0 Å². The summed E-state index contributed by atoms with van der Waals surface area (Å²) >= 11 is 0. The molecule has 0 spiro atoms. The van der Waals surface area contributed by atoms with E-state index in [1.54, 1.807) is 0 Å². The monoisotopic (exact) mass is 184 g/mol. The smallest absolute Gasteiger partial charge is 0.239 e. The quantitative estimate of drug-likeness (QED) is 0.699. The highest BCUT2D eigenvalue weighted by Gasteiger charge is 2.36. The van der Waals surface area contributed by atoms with Gasteiger partial charge in [0, 0.05) is 12.1 Å². The van der Waals surface area contributed by atoms with E-state index in [-0.39, 0.29) is 17.5 Å². The second-order valence-electron chi connectivity index (χ2n) is 4.42. The average molecular weight is 184 g/mol. The predicted molar refractivity (Wildman–Crippen MR) is 53.3 cm³/mol. The van der Waals surface area contributed by atoms with E-state index in [0.717, 1.165) is 25.8 Å². The van der Waals surface area contributed by atoms with Gasteiger partial charge in [0.05, 0.1) is 6.04 Å². The fourth-order valence-corrected chi connectivity index (χ4v) is 1.89. The Balaban J connectivity index is 2.66. The number of carbonyl (C=O) groups is 1. The highest BCUT2D eigenvalue weighted by molar-refractivity contribution is 5.82. The molecule has 2 N–H and O–H groups in total. The van der Waals surface area contributed by atoms with Gasteiger partial charge in [-0.15, -0.1) is 0 Å². The van der Waals surface area contributed by atoms with Crippen molar-refractivity contribution < 1.29 is 4.79 Å². The molecule has 3 nitrogen and oxygen atoms in total. The van der Waals surface area contributed by atoms with Crippen molar-refractivity contribution >= 4 is 5.91 Å². The van der Waals surface area contributed by atoms with Crippen LogP contribution in [0.5, 0.6) is 0 Å². The van der Waals surface area contributed by atoms with Gasteiger partial charge in [0.1, 0.15) is 0 Å². The highest BCUT2D eigenvalue weighted by Crippen LogP contribution is 2.28. The Hall–Kier alpha value is -0.570. The molecule has 0 aromatic rings. The molecule has 1 atom stereocenters. The number of nitrogens with zero attached hydrogens (tertiary/aromatic N) is 1. The molecule has 13 heavy (non-hydrogen) atoms. The summed E-state index contributed by atoms with van der Waals surface area (Å²) in [5.74, 6) is 0.116. The molecule has 1 unspecified atom stereocenters. The first kappa shape index (κ1) is 10.5. The predicted octanol–water partition coefficient (Wildman–Crippen LogP) is 1.12. The number of rotatable bonds is 2. The normalized spacial score (nSPS) is 23.2. The summed E-state index contributed by atoms with van der Waals surface area (Å²) in [4.78, 5) is 13.7. The zero-order chi connectivity index (χ0) is 10.1. The van der Waals surface area contributed by atoms with Crippen molar-refractivity contribution in [2.24, 2.45) is 5.73 Å². The van der Waals surface area contributed by atoms with E-state index in [1.807, 2.05) is 11.8 Å². The number of carbonyl (C=O) groups excluding carboxylic acids is 1. The molecule has 1 aliphatic heterocycles. The van der Waals surface area contributed by atoms with E-state index in [0.29, 0.717) is 0 Å². The first-order valence-electron chi connectivity index (χ1n) is 5.06. The van der Waals surface area contributed by atoms with Crippen LogP contribution in [0.4, 0.5) is 0 Å². The minimum atomic E-state index is -0.308. The van der Waals surface area contributed by atoms with Gasteiger partial charge in [-0.2, -0.15) is 0 Å². The summed E-state index contributed by atoms with van der Waals surface area (Å²) in [7, 11) is 0. The number of hydrogen-bond donors (Lipinski definition) is 1. The summed E-state index contributed by atoms with van der Waals surface area (Å²) in [5.41, 5.74) is 5.74. The van der Waals surface area contributed by atoms with Gasteiger partial charge in [-0.3, -0.25) is 4.79 Å². The van der Waals surface area contributed by atoms with E-state index in [9.17, 15) is 4.79 Å². The minimum absolute atomic E-state index is 0.0177.